The Balaban J connectivity index is 4.73. The summed E-state index contributed by atoms with van der Waals surface area (Å²) in [5.41, 5.74) is 0. The van der Waals surface area contributed by atoms with E-state index in [0.717, 1.165) is 0 Å². The fraction of sp³-hybridized carbons (Fsp3) is 1.00. The fourth-order valence-electron chi connectivity index (χ4n) is 1.40. The lowest BCUT2D eigenvalue weighted by Crippen LogP contribution is -2.39. The molecule has 0 aromatic rings. The molecule has 0 N–H and O–H groups in total. The Hall–Kier alpha value is -0.0651. The summed E-state index contributed by atoms with van der Waals surface area (Å²) in [5.74, 6) is 0. The van der Waals surface area contributed by atoms with Crippen LogP contribution in [0.3, 0.4) is 0 Å². The van der Waals surface area contributed by atoms with E-state index in [1.165, 1.54) is 0 Å². The second kappa shape index (κ2) is 8.18. The van der Waals surface area contributed by atoms with Crippen LogP contribution in [0, 0.1) is 0 Å². The molecule has 0 aromatic carbocycles. The first-order chi connectivity index (χ1) is 8.21. The molecule has 4 nitrogen and oxygen atoms in total. The van der Waals surface area contributed by atoms with E-state index in [-0.39, 0.29) is 30.6 Å². The summed E-state index contributed by atoms with van der Waals surface area (Å²) in [6, 6.07) is 0. The first-order valence-electron chi connectivity index (χ1n) is 6.67. The lowest BCUT2D eigenvalue weighted by Gasteiger charge is -2.23. The van der Waals surface area contributed by atoms with Gasteiger partial charge in [-0.25, -0.2) is 8.42 Å². The molecule has 0 fully saturated rings. The standard InChI is InChI=1S/C12H27BO4S/c1-6-12(13)18(14,15)11(7-16-9(2)3)8-17-10(4)5/h9-12H,6-8,13H2,1-5H3/t12-/m1/s1. The first-order valence-corrected chi connectivity index (χ1v) is 8.28. The van der Waals surface area contributed by atoms with Crippen LogP contribution in [-0.2, 0) is 19.3 Å². The third-order valence-corrected chi connectivity index (χ3v) is 5.49. The van der Waals surface area contributed by atoms with Gasteiger partial charge in [-0.05, 0) is 34.1 Å². The fourth-order valence-corrected chi connectivity index (χ4v) is 3.06. The molecule has 1 atom stereocenters. The Morgan fingerprint density at radius 3 is 1.67 bits per heavy atom. The molecule has 0 aliphatic carbocycles. The van der Waals surface area contributed by atoms with E-state index in [9.17, 15) is 8.42 Å². The largest absolute Gasteiger partial charge is 0.377 e. The second-order valence-electron chi connectivity index (χ2n) is 5.19. The molecule has 0 saturated heterocycles. The first kappa shape index (κ1) is 17.9. The highest BCUT2D eigenvalue weighted by Gasteiger charge is 2.31. The Morgan fingerprint density at radius 1 is 1.00 bits per heavy atom. The van der Waals surface area contributed by atoms with Gasteiger partial charge in [-0.2, -0.15) is 0 Å². The van der Waals surface area contributed by atoms with Crippen molar-refractivity contribution in [2.24, 2.45) is 0 Å². The van der Waals surface area contributed by atoms with E-state index >= 15 is 0 Å². The van der Waals surface area contributed by atoms with Crippen LogP contribution in [0.15, 0.2) is 0 Å². The van der Waals surface area contributed by atoms with E-state index in [2.05, 4.69) is 0 Å². The maximum atomic E-state index is 12.3. The average molecular weight is 278 g/mol. The highest BCUT2D eigenvalue weighted by atomic mass is 32.2. The molecular formula is C12H27BO4S. The van der Waals surface area contributed by atoms with Crippen molar-refractivity contribution in [3.05, 3.63) is 0 Å². The van der Waals surface area contributed by atoms with Crippen molar-refractivity contribution < 1.29 is 17.9 Å². The summed E-state index contributed by atoms with van der Waals surface area (Å²) in [6.07, 6.45) is 0.666. The van der Waals surface area contributed by atoms with E-state index in [0.29, 0.717) is 6.42 Å². The van der Waals surface area contributed by atoms with Gasteiger partial charge in [0.05, 0.1) is 25.4 Å². The zero-order valence-corrected chi connectivity index (χ0v) is 13.3. The van der Waals surface area contributed by atoms with Gasteiger partial charge in [0.25, 0.3) is 0 Å². The molecule has 0 rings (SSSR count). The molecule has 18 heavy (non-hydrogen) atoms. The van der Waals surface area contributed by atoms with E-state index < -0.39 is 15.1 Å². The van der Waals surface area contributed by atoms with Gasteiger partial charge in [-0.1, -0.05) is 6.92 Å². The zero-order valence-electron chi connectivity index (χ0n) is 12.5. The summed E-state index contributed by atoms with van der Waals surface area (Å²) < 4.78 is 35.6. The van der Waals surface area contributed by atoms with Crippen LogP contribution < -0.4 is 0 Å². The topological polar surface area (TPSA) is 52.6 Å². The predicted octanol–water partition coefficient (Wildman–Crippen LogP) is 0.989. The van der Waals surface area contributed by atoms with Gasteiger partial charge < -0.3 is 9.47 Å². The third kappa shape index (κ3) is 6.20. The molecule has 108 valence electrons. The third-order valence-electron chi connectivity index (χ3n) is 2.83. The van der Waals surface area contributed by atoms with Crippen LogP contribution in [-0.4, -0.2) is 52.1 Å². The van der Waals surface area contributed by atoms with Crippen LogP contribution in [0.2, 0.25) is 0 Å². The van der Waals surface area contributed by atoms with Gasteiger partial charge in [0, 0.05) is 5.15 Å². The minimum atomic E-state index is -3.19. The van der Waals surface area contributed by atoms with Crippen molar-refractivity contribution in [1.82, 2.24) is 0 Å². The molecule has 0 saturated carbocycles. The van der Waals surface area contributed by atoms with Crippen molar-refractivity contribution in [3.8, 4) is 0 Å². The predicted molar refractivity (Wildman–Crippen MR) is 77.5 cm³/mol. The molecule has 6 heteroatoms. The van der Waals surface area contributed by atoms with Crippen molar-refractivity contribution in [3.63, 3.8) is 0 Å². The minimum absolute atomic E-state index is 0.0266. The Bertz CT molecular complexity index is 302. The lowest BCUT2D eigenvalue weighted by atomic mass is 10.0. The van der Waals surface area contributed by atoms with Crippen molar-refractivity contribution >= 4 is 17.7 Å². The number of hydrogen-bond donors (Lipinski definition) is 0. The van der Waals surface area contributed by atoms with E-state index in [1.807, 2.05) is 34.6 Å². The molecule has 0 aliphatic heterocycles. The van der Waals surface area contributed by atoms with Gasteiger partial charge in [-0.15, -0.1) is 0 Å². The van der Waals surface area contributed by atoms with Crippen LogP contribution >= 0.6 is 0 Å². The highest BCUT2D eigenvalue weighted by Crippen LogP contribution is 2.13. The molecule has 0 amide bonds. The Morgan fingerprint density at radius 2 is 1.39 bits per heavy atom. The summed E-state index contributed by atoms with van der Waals surface area (Å²) in [5, 5.41) is -0.925. The minimum Gasteiger partial charge on any atom is -0.377 e. The monoisotopic (exact) mass is 278 g/mol. The van der Waals surface area contributed by atoms with Crippen LogP contribution in [0.25, 0.3) is 0 Å². The maximum Gasteiger partial charge on any atom is 0.153 e. The number of sulfone groups is 1. The molecule has 0 aliphatic rings. The summed E-state index contributed by atoms with van der Waals surface area (Å²) in [4.78, 5) is 0. The van der Waals surface area contributed by atoms with Crippen molar-refractivity contribution in [1.29, 1.82) is 0 Å². The molecule has 0 heterocycles. The zero-order chi connectivity index (χ0) is 14.3. The average Bonchev–Trinajstić information content (AvgIpc) is 2.26. The number of hydrogen-bond acceptors (Lipinski definition) is 4. The van der Waals surface area contributed by atoms with Crippen molar-refractivity contribution in [2.45, 2.75) is 63.6 Å². The number of ether oxygens (including phenoxy) is 2. The van der Waals surface area contributed by atoms with Crippen LogP contribution in [0.5, 0.6) is 0 Å². The number of rotatable bonds is 9. The van der Waals surface area contributed by atoms with Crippen LogP contribution in [0.1, 0.15) is 41.0 Å². The molecule has 0 aromatic heterocycles. The molecule has 0 radical (unpaired) electrons. The van der Waals surface area contributed by atoms with Gasteiger partial charge in [-0.3, -0.25) is 0 Å². The van der Waals surface area contributed by atoms with Gasteiger partial charge >= 0.3 is 0 Å². The highest BCUT2D eigenvalue weighted by molar-refractivity contribution is 7.93. The summed E-state index contributed by atoms with van der Waals surface area (Å²) in [6.45, 7) is 9.89. The van der Waals surface area contributed by atoms with Gasteiger partial charge in [0.15, 0.2) is 9.84 Å². The lowest BCUT2D eigenvalue weighted by molar-refractivity contribution is 0.0359. The molecule has 0 bridgehead atoms. The van der Waals surface area contributed by atoms with E-state index in [1.54, 1.807) is 7.85 Å². The maximum absolute atomic E-state index is 12.3. The molecular weight excluding hydrogens is 251 g/mol. The Kier molecular flexibility index (Phi) is 8.15. The quantitative estimate of drug-likeness (QED) is 0.590. The van der Waals surface area contributed by atoms with Gasteiger partial charge in [0.1, 0.15) is 13.1 Å². The smallest absolute Gasteiger partial charge is 0.153 e. The van der Waals surface area contributed by atoms with Gasteiger partial charge in [0.2, 0.25) is 0 Å². The van der Waals surface area contributed by atoms with E-state index in [4.69, 9.17) is 9.47 Å². The van der Waals surface area contributed by atoms with Crippen LogP contribution in [0.4, 0.5) is 0 Å². The summed E-state index contributed by atoms with van der Waals surface area (Å²) >= 11 is 0. The summed E-state index contributed by atoms with van der Waals surface area (Å²) in [7, 11) is -1.45. The molecule has 0 spiro atoms. The van der Waals surface area contributed by atoms with Crippen molar-refractivity contribution in [2.75, 3.05) is 13.2 Å². The SMILES string of the molecule is B[C@@H](CC)S(=O)(=O)C(COC(C)C)COC(C)C. The normalized spacial score (nSPS) is 14.7. The second-order valence-corrected chi connectivity index (χ2v) is 7.84. The molecule has 0 unspecified atom stereocenters. The Labute approximate surface area is 113 Å².